The Morgan fingerprint density at radius 1 is 1.38 bits per heavy atom. The van der Waals surface area contributed by atoms with E-state index in [-0.39, 0.29) is 35.4 Å². The third-order valence-electron chi connectivity index (χ3n) is 2.86. The molecule has 0 atom stereocenters. The Morgan fingerprint density at radius 3 is 2.48 bits per heavy atom. The smallest absolute Gasteiger partial charge is 0.325 e. The quantitative estimate of drug-likeness (QED) is 0.645. The lowest BCUT2D eigenvalue weighted by Gasteiger charge is -2.28. The van der Waals surface area contributed by atoms with Gasteiger partial charge in [0.1, 0.15) is 11.5 Å². The van der Waals surface area contributed by atoms with Gasteiger partial charge in [-0.05, 0) is 32.9 Å². The molecule has 1 rings (SSSR count). The summed E-state index contributed by atoms with van der Waals surface area (Å²) in [4.78, 5) is 12.8. The first kappa shape index (κ1) is 17.3. The first-order valence-electron chi connectivity index (χ1n) is 6.49. The molecule has 0 aliphatic heterocycles. The molecule has 0 unspecified atom stereocenters. The number of rotatable bonds is 6. The zero-order chi connectivity index (χ0) is 16.2. The van der Waals surface area contributed by atoms with Crippen LogP contribution in [0.3, 0.4) is 0 Å². The number of anilines is 1. The van der Waals surface area contributed by atoms with E-state index in [2.05, 4.69) is 12.2 Å². The van der Waals surface area contributed by atoms with Gasteiger partial charge in [0.2, 0.25) is 0 Å². The van der Waals surface area contributed by atoms with Gasteiger partial charge >= 0.3 is 5.97 Å². The summed E-state index contributed by atoms with van der Waals surface area (Å²) in [6, 6.07) is 2.43. The number of thiocarbonyl (C=S) groups is 1. The summed E-state index contributed by atoms with van der Waals surface area (Å²) in [5.74, 6) is -2.71. The number of benzene rings is 1. The van der Waals surface area contributed by atoms with Crippen molar-refractivity contribution in [3.8, 4) is 0 Å². The number of halogens is 2. The van der Waals surface area contributed by atoms with Crippen molar-refractivity contribution in [3.63, 3.8) is 0 Å². The van der Waals surface area contributed by atoms with Crippen LogP contribution in [0.1, 0.15) is 26.3 Å². The fourth-order valence-electron chi connectivity index (χ4n) is 1.84. The molecule has 21 heavy (non-hydrogen) atoms. The van der Waals surface area contributed by atoms with E-state index in [1.165, 1.54) is 17.0 Å². The summed E-state index contributed by atoms with van der Waals surface area (Å²) in [7, 11) is 0. The van der Waals surface area contributed by atoms with Crippen LogP contribution in [0, 0.1) is 11.6 Å². The molecule has 0 aromatic heterocycles. The van der Waals surface area contributed by atoms with Crippen molar-refractivity contribution in [2.45, 2.75) is 26.8 Å². The molecule has 0 spiro atoms. The molecule has 0 amide bonds. The summed E-state index contributed by atoms with van der Waals surface area (Å²) in [6.45, 7) is 5.25. The standard InChI is InChI=1S/C14H18F2N2O2S/c1-4-20-11(19)7-18(8(2)3)10-6-5-9(14(17)21)12(15)13(10)16/h5-6,8H,4,7H2,1-3H3,(H2,17,21). The van der Waals surface area contributed by atoms with Crippen LogP contribution in [0.25, 0.3) is 0 Å². The van der Waals surface area contributed by atoms with Gasteiger partial charge in [-0.3, -0.25) is 4.79 Å². The zero-order valence-electron chi connectivity index (χ0n) is 12.2. The van der Waals surface area contributed by atoms with Gasteiger partial charge in [0, 0.05) is 11.6 Å². The zero-order valence-corrected chi connectivity index (χ0v) is 13.0. The van der Waals surface area contributed by atoms with Crippen LogP contribution in [-0.4, -0.2) is 30.2 Å². The van der Waals surface area contributed by atoms with Crippen LogP contribution in [0.4, 0.5) is 14.5 Å². The number of hydrogen-bond acceptors (Lipinski definition) is 4. The Bertz CT molecular complexity index is 550. The second-order valence-corrected chi connectivity index (χ2v) is 5.09. The van der Waals surface area contributed by atoms with Gasteiger partial charge in [-0.25, -0.2) is 8.78 Å². The molecule has 0 aliphatic rings. The van der Waals surface area contributed by atoms with E-state index < -0.39 is 17.6 Å². The fourth-order valence-corrected chi connectivity index (χ4v) is 2.00. The van der Waals surface area contributed by atoms with Crippen LogP contribution >= 0.6 is 12.2 Å². The van der Waals surface area contributed by atoms with Crippen molar-refractivity contribution in [1.82, 2.24) is 0 Å². The van der Waals surface area contributed by atoms with Gasteiger partial charge in [0.25, 0.3) is 0 Å². The van der Waals surface area contributed by atoms with Crippen molar-refractivity contribution >= 4 is 28.9 Å². The van der Waals surface area contributed by atoms with Crippen molar-refractivity contribution in [2.24, 2.45) is 5.73 Å². The topological polar surface area (TPSA) is 55.6 Å². The van der Waals surface area contributed by atoms with E-state index in [0.29, 0.717) is 0 Å². The number of carbonyl (C=O) groups excluding carboxylic acids is 1. The average molecular weight is 316 g/mol. The second-order valence-electron chi connectivity index (χ2n) is 4.65. The first-order valence-corrected chi connectivity index (χ1v) is 6.90. The van der Waals surface area contributed by atoms with Crippen LogP contribution < -0.4 is 10.6 Å². The predicted octanol–water partition coefficient (Wildman–Crippen LogP) is 2.38. The maximum atomic E-state index is 14.2. The molecule has 7 heteroatoms. The summed E-state index contributed by atoms with van der Waals surface area (Å²) in [5, 5.41) is 0. The second kappa shape index (κ2) is 7.31. The largest absolute Gasteiger partial charge is 0.465 e. The van der Waals surface area contributed by atoms with Gasteiger partial charge in [0.05, 0.1) is 12.3 Å². The van der Waals surface area contributed by atoms with Crippen LogP contribution in [0.15, 0.2) is 12.1 Å². The first-order chi connectivity index (χ1) is 9.79. The lowest BCUT2D eigenvalue weighted by Crippen LogP contribution is -2.37. The minimum Gasteiger partial charge on any atom is -0.465 e. The Labute approximate surface area is 127 Å². The third kappa shape index (κ3) is 4.10. The average Bonchev–Trinajstić information content (AvgIpc) is 2.39. The van der Waals surface area contributed by atoms with Crippen LogP contribution in [0.5, 0.6) is 0 Å². The monoisotopic (exact) mass is 316 g/mol. The molecule has 0 aliphatic carbocycles. The van der Waals surface area contributed by atoms with Gasteiger partial charge in [-0.1, -0.05) is 12.2 Å². The molecular weight excluding hydrogens is 298 g/mol. The number of ether oxygens (including phenoxy) is 1. The highest BCUT2D eigenvalue weighted by Crippen LogP contribution is 2.26. The number of carbonyl (C=O) groups is 1. The molecule has 2 N–H and O–H groups in total. The molecule has 116 valence electrons. The molecular formula is C14H18F2N2O2S. The molecule has 0 saturated heterocycles. The molecule has 4 nitrogen and oxygen atoms in total. The Kier molecular flexibility index (Phi) is 6.02. The highest BCUT2D eigenvalue weighted by molar-refractivity contribution is 7.80. The van der Waals surface area contributed by atoms with Gasteiger partial charge in [-0.2, -0.15) is 0 Å². The van der Waals surface area contributed by atoms with E-state index in [1.807, 2.05) is 0 Å². The number of esters is 1. The maximum absolute atomic E-state index is 14.2. The molecule has 1 aromatic rings. The van der Waals surface area contributed by atoms with E-state index in [0.717, 1.165) is 0 Å². The number of hydrogen-bond donors (Lipinski definition) is 1. The number of nitrogens with two attached hydrogens (primary N) is 1. The summed E-state index contributed by atoms with van der Waals surface area (Å²) < 4.78 is 33.0. The van der Waals surface area contributed by atoms with E-state index >= 15 is 0 Å². The Hall–Kier alpha value is -1.76. The summed E-state index contributed by atoms with van der Waals surface area (Å²) in [6.07, 6.45) is 0. The maximum Gasteiger partial charge on any atom is 0.325 e. The minimum absolute atomic E-state index is 0.0319. The molecule has 0 radical (unpaired) electrons. The molecule has 0 heterocycles. The highest BCUT2D eigenvalue weighted by atomic mass is 32.1. The van der Waals surface area contributed by atoms with Crippen molar-refractivity contribution in [3.05, 3.63) is 29.3 Å². The number of nitrogens with zero attached hydrogens (tertiary/aromatic N) is 1. The van der Waals surface area contributed by atoms with E-state index in [1.54, 1.807) is 20.8 Å². The molecule has 0 fully saturated rings. The van der Waals surface area contributed by atoms with Crippen LogP contribution in [0.2, 0.25) is 0 Å². The van der Waals surface area contributed by atoms with E-state index in [4.69, 9.17) is 10.5 Å². The molecule has 1 aromatic carbocycles. The lowest BCUT2D eigenvalue weighted by atomic mass is 10.1. The summed E-state index contributed by atoms with van der Waals surface area (Å²) >= 11 is 4.66. The normalized spacial score (nSPS) is 10.6. The SMILES string of the molecule is CCOC(=O)CN(c1ccc(C(N)=S)c(F)c1F)C(C)C. The van der Waals surface area contributed by atoms with Crippen molar-refractivity contribution in [1.29, 1.82) is 0 Å². The van der Waals surface area contributed by atoms with Gasteiger partial charge in [-0.15, -0.1) is 0 Å². The van der Waals surface area contributed by atoms with Crippen LogP contribution in [-0.2, 0) is 9.53 Å². The van der Waals surface area contributed by atoms with Gasteiger partial charge in [0.15, 0.2) is 11.6 Å². The van der Waals surface area contributed by atoms with E-state index in [9.17, 15) is 13.6 Å². The minimum atomic E-state index is -1.12. The van der Waals surface area contributed by atoms with Gasteiger partial charge < -0.3 is 15.4 Å². The molecule has 0 bridgehead atoms. The third-order valence-corrected chi connectivity index (χ3v) is 3.08. The highest BCUT2D eigenvalue weighted by Gasteiger charge is 2.23. The Balaban J connectivity index is 3.18. The lowest BCUT2D eigenvalue weighted by molar-refractivity contribution is -0.141. The fraction of sp³-hybridized carbons (Fsp3) is 0.429. The van der Waals surface area contributed by atoms with Crippen molar-refractivity contribution in [2.75, 3.05) is 18.1 Å². The molecule has 0 saturated carbocycles. The summed E-state index contributed by atoms with van der Waals surface area (Å²) in [5.41, 5.74) is 5.13. The van der Waals surface area contributed by atoms with Crippen molar-refractivity contribution < 1.29 is 18.3 Å². The predicted molar refractivity (Wildman–Crippen MR) is 81.4 cm³/mol. The Morgan fingerprint density at radius 2 is 2.00 bits per heavy atom.